The molecule has 0 saturated carbocycles. The fourth-order valence-corrected chi connectivity index (χ4v) is 11.8. The molecule has 2 amide bonds. The first kappa shape index (κ1) is 83.4. The third-order valence-electron chi connectivity index (χ3n) is 15.4. The van der Waals surface area contributed by atoms with E-state index in [4.69, 9.17) is 28.4 Å². The van der Waals surface area contributed by atoms with E-state index in [9.17, 15) is 38.4 Å². The Morgan fingerprint density at radius 2 is 0.720 bits per heavy atom. The number of carbonyl (C=O) groups is 8. The monoisotopic (exact) mass is 1340 g/mol. The minimum absolute atomic E-state index is 0.00993. The van der Waals surface area contributed by atoms with Crippen LogP contribution in [0, 0.1) is 0 Å². The summed E-state index contributed by atoms with van der Waals surface area (Å²) in [5.74, 6) is -3.01. The molecule has 0 bridgehead atoms. The summed E-state index contributed by atoms with van der Waals surface area (Å²) in [4.78, 5) is 107. The predicted molar refractivity (Wildman–Crippen MR) is 374 cm³/mol. The molecule has 0 aliphatic rings. The molecule has 0 heterocycles. The van der Waals surface area contributed by atoms with Gasteiger partial charge in [0.2, 0.25) is 11.8 Å². The molecule has 0 aliphatic heterocycles. The number of rotatable bonds is 58. The van der Waals surface area contributed by atoms with Crippen LogP contribution < -0.4 is 20.1 Å². The normalized spacial score (nSPS) is 12.0. The van der Waals surface area contributed by atoms with Gasteiger partial charge in [0.05, 0.1) is 39.1 Å². The summed E-state index contributed by atoms with van der Waals surface area (Å²) in [6.45, 7) is 8.90. The fourth-order valence-electron chi connectivity index (χ4n) is 9.51. The summed E-state index contributed by atoms with van der Waals surface area (Å²) < 4.78 is 32.7. The summed E-state index contributed by atoms with van der Waals surface area (Å²) >= 11 is 0. The van der Waals surface area contributed by atoms with Gasteiger partial charge in [-0.05, 0) is 127 Å². The van der Waals surface area contributed by atoms with Crippen molar-refractivity contribution in [3.63, 3.8) is 0 Å². The first-order valence-electron chi connectivity index (χ1n) is 34.9. The van der Waals surface area contributed by atoms with Crippen LogP contribution in [0.15, 0.2) is 72.8 Å². The van der Waals surface area contributed by atoms with E-state index in [1.807, 2.05) is 13.8 Å². The summed E-state index contributed by atoms with van der Waals surface area (Å²) in [5.41, 5.74) is 1.32. The van der Waals surface area contributed by atoms with E-state index in [0.717, 1.165) is 70.6 Å². The highest BCUT2D eigenvalue weighted by Crippen LogP contribution is 2.25. The van der Waals surface area contributed by atoms with Gasteiger partial charge in [0, 0.05) is 30.8 Å². The first-order valence-corrected chi connectivity index (χ1v) is 37.4. The Hall–Kier alpha value is -5.70. The molecule has 18 nitrogen and oxygen atoms in total. The Morgan fingerprint density at radius 3 is 1.10 bits per heavy atom. The zero-order valence-corrected chi connectivity index (χ0v) is 59.1. The molecule has 0 radical (unpaired) electrons. The molecule has 2 aromatic carbocycles. The van der Waals surface area contributed by atoms with Crippen molar-refractivity contribution in [3.05, 3.63) is 84.0 Å². The van der Waals surface area contributed by atoms with E-state index in [1.165, 1.54) is 118 Å². The number of benzene rings is 2. The number of likely N-dealkylation sites (N-methyl/N-ethyl adjacent to an activating group) is 2. The van der Waals surface area contributed by atoms with Crippen molar-refractivity contribution in [2.45, 2.75) is 239 Å². The average Bonchev–Trinajstić information content (AvgIpc) is 2.74. The molecular formula is C73H116N4O14S2. The van der Waals surface area contributed by atoms with Crippen LogP contribution in [0.1, 0.15) is 225 Å². The highest BCUT2D eigenvalue weighted by Gasteiger charge is 2.27. The van der Waals surface area contributed by atoms with Gasteiger partial charge >= 0.3 is 35.8 Å². The highest BCUT2D eigenvalue weighted by molar-refractivity contribution is 8.76. The summed E-state index contributed by atoms with van der Waals surface area (Å²) in [6, 6.07) is 11.2. The smallest absolute Gasteiger partial charge is 0.329 e. The molecule has 0 spiro atoms. The molecule has 2 atom stereocenters. The molecule has 0 aromatic heterocycles. The van der Waals surface area contributed by atoms with Crippen LogP contribution in [0.5, 0.6) is 11.5 Å². The van der Waals surface area contributed by atoms with Crippen LogP contribution in [0.2, 0.25) is 0 Å². The molecule has 524 valence electrons. The number of allylic oxidation sites excluding steroid dienone is 4. The second-order valence-corrected chi connectivity index (χ2v) is 26.4. The number of unbranched alkanes of at least 4 members (excludes halogenated alkanes) is 22. The molecule has 93 heavy (non-hydrogen) atoms. The SMILES string of the molecule is CCCCCCCC/C=C\CCCCCCCC(=O)Oc1ccc(CC(=O)OCCCOC(=O)C(CSSCC(NC(=O)CN(C)CC)C(=O)OCCOC(=O)Cc2ccc(OC(=O)CCCCCCC/C=C\CCCCCCCC)cc2)NC(=O)CN(C)CC)cc1. The van der Waals surface area contributed by atoms with Crippen molar-refractivity contribution in [1.29, 1.82) is 0 Å². The number of esters is 6. The minimum Gasteiger partial charge on any atom is -0.465 e. The zero-order valence-electron chi connectivity index (χ0n) is 57.5. The first-order chi connectivity index (χ1) is 45.1. The van der Waals surface area contributed by atoms with E-state index in [0.29, 0.717) is 48.6 Å². The average molecular weight is 1340 g/mol. The van der Waals surface area contributed by atoms with Crippen molar-refractivity contribution < 1.29 is 66.8 Å². The lowest BCUT2D eigenvalue weighted by atomic mass is 10.1. The van der Waals surface area contributed by atoms with Crippen molar-refractivity contribution in [3.8, 4) is 11.5 Å². The van der Waals surface area contributed by atoms with E-state index < -0.39 is 47.8 Å². The van der Waals surface area contributed by atoms with Crippen LogP contribution in [0.4, 0.5) is 0 Å². The Kier molecular flexibility index (Phi) is 50.8. The lowest BCUT2D eigenvalue weighted by Crippen LogP contribution is -2.47. The summed E-state index contributed by atoms with van der Waals surface area (Å²) in [7, 11) is 5.89. The quantitative estimate of drug-likeness (QED) is 0.0157. The number of hydrogen-bond donors (Lipinski definition) is 2. The maximum atomic E-state index is 13.4. The minimum atomic E-state index is -1.10. The van der Waals surface area contributed by atoms with Crippen molar-refractivity contribution in [1.82, 2.24) is 20.4 Å². The second kappa shape index (κ2) is 56.6. The molecule has 2 N–H and O–H groups in total. The van der Waals surface area contributed by atoms with Gasteiger partial charge < -0.3 is 39.1 Å². The van der Waals surface area contributed by atoms with Crippen molar-refractivity contribution >= 4 is 69.2 Å². The van der Waals surface area contributed by atoms with Gasteiger partial charge in [-0.2, -0.15) is 0 Å². The van der Waals surface area contributed by atoms with Crippen molar-refractivity contribution in [2.75, 3.05) is 78.2 Å². The van der Waals surface area contributed by atoms with Gasteiger partial charge in [0.15, 0.2) is 0 Å². The largest absolute Gasteiger partial charge is 0.465 e. The van der Waals surface area contributed by atoms with Gasteiger partial charge in [0.25, 0.3) is 0 Å². The summed E-state index contributed by atoms with van der Waals surface area (Å²) in [6.07, 6.45) is 40.8. The molecule has 0 saturated heterocycles. The van der Waals surface area contributed by atoms with E-state index in [1.54, 1.807) is 72.4 Å². The number of nitrogens with one attached hydrogen (secondary N) is 2. The van der Waals surface area contributed by atoms with E-state index >= 15 is 0 Å². The lowest BCUT2D eigenvalue weighted by molar-refractivity contribution is -0.153. The maximum absolute atomic E-state index is 13.4. The molecule has 2 rings (SSSR count). The number of hydrogen-bond acceptors (Lipinski definition) is 18. The van der Waals surface area contributed by atoms with E-state index in [-0.39, 0.29) is 82.2 Å². The Labute approximate surface area is 566 Å². The molecule has 0 fully saturated rings. The van der Waals surface area contributed by atoms with Gasteiger partial charge in [-0.3, -0.25) is 38.6 Å². The summed E-state index contributed by atoms with van der Waals surface area (Å²) in [5, 5.41) is 5.46. The molecule has 0 aliphatic carbocycles. The van der Waals surface area contributed by atoms with Gasteiger partial charge in [-0.1, -0.05) is 201 Å². The topological polar surface area (TPSA) is 222 Å². The number of carbonyl (C=O) groups excluding carboxylic acids is 8. The maximum Gasteiger partial charge on any atom is 0.329 e. The standard InChI is InChI=1S/C73H116N4O14S2/c1-7-11-13-15-17-19-21-23-25-27-29-31-33-35-37-40-68(80)90-62-46-42-60(43-47-62)54-70(82)86-50-39-51-88-72(84)64(74-66(78)56-76(5)9-3)58-92-93-59-65(75-67(79)57-77(6)10-4)73(85)89-53-52-87-71(83)55-61-44-48-63(49-45-61)91-69(81)41-38-36-34-32-30-28-26-24-22-20-18-16-14-12-8-2/h23-26,42-49,64-65H,7-22,27-41,50-59H2,1-6H3,(H,74,78)(H,75,79)/b25-23-,26-24-. The molecule has 20 heteroatoms. The molecular weight excluding hydrogens is 1220 g/mol. The molecule has 2 unspecified atom stereocenters. The van der Waals surface area contributed by atoms with Gasteiger partial charge in [-0.15, -0.1) is 0 Å². The Bertz CT molecular complexity index is 2410. The number of nitrogens with zero attached hydrogens (tertiary/aromatic N) is 2. The van der Waals surface area contributed by atoms with Gasteiger partial charge in [0.1, 0.15) is 36.8 Å². The van der Waals surface area contributed by atoms with Crippen LogP contribution in [0.3, 0.4) is 0 Å². The predicted octanol–water partition coefficient (Wildman–Crippen LogP) is 14.2. The van der Waals surface area contributed by atoms with Crippen LogP contribution >= 0.6 is 21.6 Å². The third kappa shape index (κ3) is 46.9. The molecule has 2 aromatic rings. The van der Waals surface area contributed by atoms with Crippen LogP contribution in [-0.4, -0.2) is 148 Å². The van der Waals surface area contributed by atoms with Gasteiger partial charge in [-0.25, -0.2) is 9.59 Å². The third-order valence-corrected chi connectivity index (χ3v) is 17.8. The Morgan fingerprint density at radius 1 is 0.398 bits per heavy atom. The lowest BCUT2D eigenvalue weighted by Gasteiger charge is -2.21. The highest BCUT2D eigenvalue weighted by atomic mass is 33.1. The zero-order chi connectivity index (χ0) is 67.8. The number of ether oxygens (including phenoxy) is 6. The van der Waals surface area contributed by atoms with E-state index in [2.05, 4.69) is 48.8 Å². The second-order valence-electron chi connectivity index (χ2n) is 23.9. The fraction of sp³-hybridized carbons (Fsp3) is 0.671. The Balaban J connectivity index is 1.74. The van der Waals surface area contributed by atoms with Crippen molar-refractivity contribution in [2.24, 2.45) is 0 Å². The number of amides is 2. The van der Waals surface area contributed by atoms with Crippen LogP contribution in [0.25, 0.3) is 0 Å². The van der Waals surface area contributed by atoms with Crippen LogP contribution in [-0.2, 0) is 70.1 Å².